The summed E-state index contributed by atoms with van der Waals surface area (Å²) < 4.78 is 0. The van der Waals surface area contributed by atoms with Crippen LogP contribution in [0.4, 0.5) is 4.79 Å². The van der Waals surface area contributed by atoms with Crippen molar-refractivity contribution in [3.8, 4) is 0 Å². The molecule has 8 heteroatoms. The fourth-order valence-corrected chi connectivity index (χ4v) is 1.95. The molecule has 0 aliphatic carbocycles. The summed E-state index contributed by atoms with van der Waals surface area (Å²) in [6, 6.07) is 0.167. The van der Waals surface area contributed by atoms with Gasteiger partial charge in [0, 0.05) is 32.2 Å². The highest BCUT2D eigenvalue weighted by Crippen LogP contribution is 2.05. The van der Waals surface area contributed by atoms with Crippen molar-refractivity contribution in [1.29, 1.82) is 0 Å². The lowest BCUT2D eigenvalue weighted by Crippen LogP contribution is -2.54. The first-order chi connectivity index (χ1) is 9.40. The van der Waals surface area contributed by atoms with Gasteiger partial charge in [0.15, 0.2) is 0 Å². The van der Waals surface area contributed by atoms with Crippen molar-refractivity contribution in [3.05, 3.63) is 0 Å². The Morgan fingerprint density at radius 1 is 1.05 bits per heavy atom. The molecule has 0 radical (unpaired) electrons. The molecular formula is C12H22N4O4. The molecule has 1 aliphatic heterocycles. The van der Waals surface area contributed by atoms with Gasteiger partial charge in [-0.2, -0.15) is 0 Å². The van der Waals surface area contributed by atoms with Gasteiger partial charge in [0.2, 0.25) is 5.91 Å². The lowest BCUT2D eigenvalue weighted by molar-refractivity contribution is -0.137. The molecule has 1 saturated heterocycles. The Morgan fingerprint density at radius 2 is 1.65 bits per heavy atom. The third kappa shape index (κ3) is 5.43. The molecule has 1 fully saturated rings. The van der Waals surface area contributed by atoms with Gasteiger partial charge in [-0.15, -0.1) is 0 Å². The minimum Gasteiger partial charge on any atom is -0.480 e. The van der Waals surface area contributed by atoms with Crippen molar-refractivity contribution < 1.29 is 19.5 Å². The predicted molar refractivity (Wildman–Crippen MR) is 72.3 cm³/mol. The second-order valence-electron chi connectivity index (χ2n) is 4.95. The van der Waals surface area contributed by atoms with Gasteiger partial charge in [-0.3, -0.25) is 14.5 Å². The fourth-order valence-electron chi connectivity index (χ4n) is 1.95. The summed E-state index contributed by atoms with van der Waals surface area (Å²) in [5.41, 5.74) is 0. The van der Waals surface area contributed by atoms with Crippen LogP contribution in [-0.2, 0) is 9.59 Å². The molecule has 0 unspecified atom stereocenters. The van der Waals surface area contributed by atoms with Gasteiger partial charge in [-0.1, -0.05) is 0 Å². The number of carboxylic acid groups (broad SMARTS) is 1. The van der Waals surface area contributed by atoms with E-state index in [2.05, 4.69) is 29.4 Å². The van der Waals surface area contributed by atoms with Crippen LogP contribution in [0.1, 0.15) is 13.8 Å². The molecule has 1 heterocycles. The first-order valence-electron chi connectivity index (χ1n) is 6.65. The van der Waals surface area contributed by atoms with E-state index in [1.807, 2.05) is 0 Å². The van der Waals surface area contributed by atoms with Gasteiger partial charge in [-0.05, 0) is 13.8 Å². The first-order valence-corrected chi connectivity index (χ1v) is 6.65. The normalized spacial score (nSPS) is 16.1. The number of hydrogen-bond acceptors (Lipinski definition) is 4. The molecule has 0 aromatic heterocycles. The second-order valence-corrected chi connectivity index (χ2v) is 4.95. The molecule has 0 aromatic rings. The topological polar surface area (TPSA) is 102 Å². The molecule has 8 nitrogen and oxygen atoms in total. The van der Waals surface area contributed by atoms with Crippen LogP contribution in [0, 0.1) is 0 Å². The highest BCUT2D eigenvalue weighted by Gasteiger charge is 2.22. The van der Waals surface area contributed by atoms with E-state index in [9.17, 15) is 14.4 Å². The van der Waals surface area contributed by atoms with E-state index in [1.54, 1.807) is 4.90 Å². The summed E-state index contributed by atoms with van der Waals surface area (Å²) in [5.74, 6) is -1.63. The highest BCUT2D eigenvalue weighted by molar-refractivity contribution is 5.86. The summed E-state index contributed by atoms with van der Waals surface area (Å²) in [6.45, 7) is 6.46. The van der Waals surface area contributed by atoms with Crippen molar-refractivity contribution in [2.45, 2.75) is 19.9 Å². The third-order valence-electron chi connectivity index (χ3n) is 3.17. The van der Waals surface area contributed by atoms with Gasteiger partial charge in [0.25, 0.3) is 0 Å². The number of amides is 3. The predicted octanol–water partition coefficient (Wildman–Crippen LogP) is -1.08. The lowest BCUT2D eigenvalue weighted by atomic mass is 10.2. The Kier molecular flexibility index (Phi) is 6.23. The van der Waals surface area contributed by atoms with Crippen molar-refractivity contribution >= 4 is 17.9 Å². The largest absolute Gasteiger partial charge is 0.480 e. The number of nitrogens with zero attached hydrogens (tertiary/aromatic N) is 2. The molecule has 0 bridgehead atoms. The Bertz CT molecular complexity index is 364. The molecular weight excluding hydrogens is 264 g/mol. The van der Waals surface area contributed by atoms with Gasteiger partial charge in [0.1, 0.15) is 6.54 Å². The molecule has 0 saturated carbocycles. The SMILES string of the molecule is CC(C)N1CCN(C(=O)NCC(=O)NCC(=O)O)CC1. The zero-order valence-electron chi connectivity index (χ0n) is 11.9. The number of carbonyl (C=O) groups excluding carboxylic acids is 2. The zero-order valence-corrected chi connectivity index (χ0v) is 11.9. The average molecular weight is 286 g/mol. The Labute approximate surface area is 118 Å². The summed E-state index contributed by atoms with van der Waals surface area (Å²) in [7, 11) is 0. The molecule has 1 rings (SSSR count). The van der Waals surface area contributed by atoms with Crippen LogP contribution >= 0.6 is 0 Å². The van der Waals surface area contributed by atoms with Crippen molar-refractivity contribution in [2.24, 2.45) is 0 Å². The number of hydrogen-bond donors (Lipinski definition) is 3. The first kappa shape index (κ1) is 16.2. The number of piperazine rings is 1. The summed E-state index contributed by atoms with van der Waals surface area (Å²) in [5, 5.41) is 13.1. The van der Waals surface area contributed by atoms with Crippen molar-refractivity contribution in [1.82, 2.24) is 20.4 Å². The van der Waals surface area contributed by atoms with Crippen LogP contribution in [0.25, 0.3) is 0 Å². The maximum atomic E-state index is 11.8. The summed E-state index contributed by atoms with van der Waals surface area (Å²) in [4.78, 5) is 37.3. The van der Waals surface area contributed by atoms with Gasteiger partial charge in [-0.25, -0.2) is 4.79 Å². The van der Waals surface area contributed by atoms with Crippen LogP contribution in [0.15, 0.2) is 0 Å². The van der Waals surface area contributed by atoms with E-state index in [-0.39, 0.29) is 12.6 Å². The average Bonchev–Trinajstić information content (AvgIpc) is 2.42. The van der Waals surface area contributed by atoms with Crippen LogP contribution in [-0.4, -0.2) is 78.1 Å². The maximum Gasteiger partial charge on any atom is 0.322 e. The summed E-state index contributed by atoms with van der Waals surface area (Å²) in [6.07, 6.45) is 0. The van der Waals surface area contributed by atoms with E-state index >= 15 is 0 Å². The lowest BCUT2D eigenvalue weighted by Gasteiger charge is -2.36. The smallest absolute Gasteiger partial charge is 0.322 e. The molecule has 3 amide bonds. The minimum absolute atomic E-state index is 0.212. The number of aliphatic carboxylic acids is 1. The van der Waals surface area contributed by atoms with Crippen molar-refractivity contribution in [2.75, 3.05) is 39.3 Å². The second kappa shape index (κ2) is 7.68. The molecule has 3 N–H and O–H groups in total. The van der Waals surface area contributed by atoms with Crippen LogP contribution in [0.5, 0.6) is 0 Å². The zero-order chi connectivity index (χ0) is 15.1. The van der Waals surface area contributed by atoms with Crippen LogP contribution in [0.3, 0.4) is 0 Å². The number of carbonyl (C=O) groups is 3. The standard InChI is InChI=1S/C12H22N4O4/c1-9(2)15-3-5-16(6-4-15)12(20)14-7-10(17)13-8-11(18)19/h9H,3-8H2,1-2H3,(H,13,17)(H,14,20)(H,18,19). The maximum absolute atomic E-state index is 11.8. The summed E-state index contributed by atoms with van der Waals surface area (Å²) >= 11 is 0. The van der Waals surface area contributed by atoms with E-state index in [1.165, 1.54) is 0 Å². The number of rotatable bonds is 5. The number of carboxylic acids is 1. The van der Waals surface area contributed by atoms with Gasteiger partial charge < -0.3 is 20.6 Å². The molecule has 1 aliphatic rings. The molecule has 114 valence electrons. The van der Waals surface area contributed by atoms with Gasteiger partial charge in [0.05, 0.1) is 6.54 Å². The quantitative estimate of drug-likeness (QED) is 0.597. The Morgan fingerprint density at radius 3 is 2.15 bits per heavy atom. The fraction of sp³-hybridized carbons (Fsp3) is 0.750. The molecule has 20 heavy (non-hydrogen) atoms. The monoisotopic (exact) mass is 286 g/mol. The van der Waals surface area contributed by atoms with Crippen molar-refractivity contribution in [3.63, 3.8) is 0 Å². The molecule has 0 atom stereocenters. The highest BCUT2D eigenvalue weighted by atomic mass is 16.4. The van der Waals surface area contributed by atoms with E-state index < -0.39 is 18.4 Å². The van der Waals surface area contributed by atoms with Crippen LogP contribution < -0.4 is 10.6 Å². The van der Waals surface area contributed by atoms with E-state index in [0.29, 0.717) is 19.1 Å². The minimum atomic E-state index is -1.12. The van der Waals surface area contributed by atoms with E-state index in [0.717, 1.165) is 13.1 Å². The van der Waals surface area contributed by atoms with E-state index in [4.69, 9.17) is 5.11 Å². The van der Waals surface area contributed by atoms with Gasteiger partial charge >= 0.3 is 12.0 Å². The Balaban J connectivity index is 2.23. The number of urea groups is 1. The Hall–Kier alpha value is -1.83. The number of nitrogens with one attached hydrogen (secondary N) is 2. The third-order valence-corrected chi connectivity index (χ3v) is 3.17. The van der Waals surface area contributed by atoms with Crippen LogP contribution in [0.2, 0.25) is 0 Å². The molecule has 0 spiro atoms. The molecule has 0 aromatic carbocycles.